The number of hydrogen-bond donors (Lipinski definition) is 0. The SMILES string of the molecule is COc1ccc2ncn(CCCCN3CCN(c4cccc5sccc45)CC3)c(=O)c2c1. The predicted molar refractivity (Wildman–Crippen MR) is 132 cm³/mol. The number of anilines is 1. The van der Waals surface area contributed by atoms with E-state index in [1.807, 2.05) is 23.5 Å². The van der Waals surface area contributed by atoms with Crippen LogP contribution in [0.15, 0.2) is 59.0 Å². The Bertz CT molecular complexity index is 1270. The van der Waals surface area contributed by atoms with Gasteiger partial charge in [-0.15, -0.1) is 11.3 Å². The van der Waals surface area contributed by atoms with Crippen molar-refractivity contribution >= 4 is 38.0 Å². The number of nitrogens with zero attached hydrogens (tertiary/aromatic N) is 4. The van der Waals surface area contributed by atoms with Crippen molar-refractivity contribution in [2.45, 2.75) is 19.4 Å². The molecule has 2 aromatic heterocycles. The summed E-state index contributed by atoms with van der Waals surface area (Å²) in [5, 5.41) is 4.17. The first-order valence-electron chi connectivity index (χ1n) is 11.2. The van der Waals surface area contributed by atoms with E-state index >= 15 is 0 Å². The Balaban J connectivity index is 1.13. The number of unbranched alkanes of at least 4 members (excludes halogenated alkanes) is 1. The van der Waals surface area contributed by atoms with Crippen molar-refractivity contribution < 1.29 is 4.74 Å². The fourth-order valence-electron chi connectivity index (χ4n) is 4.51. The lowest BCUT2D eigenvalue weighted by Crippen LogP contribution is -2.46. The lowest BCUT2D eigenvalue weighted by Gasteiger charge is -2.36. The van der Waals surface area contributed by atoms with Crippen molar-refractivity contribution in [3.63, 3.8) is 0 Å². The number of hydrogen-bond acceptors (Lipinski definition) is 6. The van der Waals surface area contributed by atoms with E-state index in [-0.39, 0.29) is 5.56 Å². The Hall–Kier alpha value is -2.90. The molecule has 0 atom stereocenters. The summed E-state index contributed by atoms with van der Waals surface area (Å²) < 4.78 is 8.34. The highest BCUT2D eigenvalue weighted by Gasteiger charge is 2.18. The number of benzene rings is 2. The maximum atomic E-state index is 12.8. The first-order chi connectivity index (χ1) is 15.7. The van der Waals surface area contributed by atoms with Crippen LogP contribution in [0.1, 0.15) is 12.8 Å². The number of piperazine rings is 1. The summed E-state index contributed by atoms with van der Waals surface area (Å²) in [4.78, 5) is 22.3. The van der Waals surface area contributed by atoms with Crippen molar-refractivity contribution in [2.24, 2.45) is 0 Å². The molecule has 0 bridgehead atoms. The molecule has 5 rings (SSSR count). The molecule has 0 saturated carbocycles. The fourth-order valence-corrected chi connectivity index (χ4v) is 5.32. The summed E-state index contributed by atoms with van der Waals surface area (Å²) in [6.45, 7) is 6.05. The van der Waals surface area contributed by atoms with E-state index in [1.165, 1.54) is 15.8 Å². The van der Waals surface area contributed by atoms with Gasteiger partial charge in [0.2, 0.25) is 0 Å². The minimum absolute atomic E-state index is 0.00474. The van der Waals surface area contributed by atoms with E-state index in [2.05, 4.69) is 44.4 Å². The van der Waals surface area contributed by atoms with E-state index in [9.17, 15) is 4.79 Å². The number of aromatic nitrogens is 2. The van der Waals surface area contributed by atoms with Crippen LogP contribution in [0.25, 0.3) is 21.0 Å². The average Bonchev–Trinajstić information content (AvgIpc) is 3.32. The standard InChI is InChI=1S/C25H28N4O2S/c1-31-19-7-8-22-21(17-19)25(30)29(18-26-22)11-3-2-10-27-12-14-28(15-13-27)23-5-4-6-24-20(23)9-16-32-24/h4-9,16-18H,2-3,10-15H2,1H3. The van der Waals surface area contributed by atoms with Gasteiger partial charge in [0.25, 0.3) is 5.56 Å². The maximum Gasteiger partial charge on any atom is 0.261 e. The monoisotopic (exact) mass is 448 g/mol. The van der Waals surface area contributed by atoms with Crippen LogP contribution in [0.2, 0.25) is 0 Å². The molecule has 0 spiro atoms. The normalized spacial score (nSPS) is 15.0. The third-order valence-corrected chi connectivity index (χ3v) is 7.22. The minimum Gasteiger partial charge on any atom is -0.497 e. The molecule has 166 valence electrons. The van der Waals surface area contributed by atoms with Gasteiger partial charge in [-0.3, -0.25) is 14.3 Å². The highest BCUT2D eigenvalue weighted by Crippen LogP contribution is 2.31. The van der Waals surface area contributed by atoms with Crippen molar-refractivity contribution in [1.29, 1.82) is 0 Å². The molecule has 7 heteroatoms. The summed E-state index contributed by atoms with van der Waals surface area (Å²) in [6, 6.07) is 14.3. The highest BCUT2D eigenvalue weighted by atomic mass is 32.1. The molecule has 1 fully saturated rings. The minimum atomic E-state index is 0.00474. The van der Waals surface area contributed by atoms with Crippen molar-refractivity contribution in [3.05, 3.63) is 64.5 Å². The second-order valence-electron chi connectivity index (χ2n) is 8.27. The Morgan fingerprint density at radius 2 is 1.84 bits per heavy atom. The van der Waals surface area contributed by atoms with Crippen LogP contribution in [0.4, 0.5) is 5.69 Å². The predicted octanol–water partition coefficient (Wildman–Crippen LogP) is 4.22. The molecule has 4 aromatic rings. The van der Waals surface area contributed by atoms with E-state index in [0.29, 0.717) is 23.2 Å². The summed E-state index contributed by atoms with van der Waals surface area (Å²) in [6.07, 6.45) is 3.70. The first kappa shape index (κ1) is 21.0. The molecule has 1 aliphatic rings. The lowest BCUT2D eigenvalue weighted by molar-refractivity contribution is 0.251. The Labute approximate surface area is 191 Å². The fraction of sp³-hybridized carbons (Fsp3) is 0.360. The van der Waals surface area contributed by atoms with Crippen LogP contribution in [-0.2, 0) is 6.54 Å². The Morgan fingerprint density at radius 3 is 2.69 bits per heavy atom. The van der Waals surface area contributed by atoms with Crippen LogP contribution in [0.3, 0.4) is 0 Å². The second kappa shape index (κ2) is 9.30. The third-order valence-electron chi connectivity index (χ3n) is 6.34. The van der Waals surface area contributed by atoms with Gasteiger partial charge in [0.05, 0.1) is 24.3 Å². The van der Waals surface area contributed by atoms with E-state index in [1.54, 1.807) is 24.1 Å². The van der Waals surface area contributed by atoms with Gasteiger partial charge in [0.15, 0.2) is 0 Å². The van der Waals surface area contributed by atoms with Gasteiger partial charge in [0.1, 0.15) is 5.75 Å². The zero-order valence-corrected chi connectivity index (χ0v) is 19.2. The number of methoxy groups -OCH3 is 1. The first-order valence-corrected chi connectivity index (χ1v) is 12.1. The van der Waals surface area contributed by atoms with Gasteiger partial charge in [-0.05, 0) is 61.2 Å². The molecule has 0 amide bonds. The molecule has 6 nitrogen and oxygen atoms in total. The van der Waals surface area contributed by atoms with Crippen LogP contribution in [-0.4, -0.2) is 54.3 Å². The summed E-state index contributed by atoms with van der Waals surface area (Å²) >= 11 is 1.81. The molecule has 3 heterocycles. The van der Waals surface area contributed by atoms with Gasteiger partial charge in [0, 0.05) is 48.5 Å². The summed E-state index contributed by atoms with van der Waals surface area (Å²) in [5.74, 6) is 0.684. The van der Waals surface area contributed by atoms with E-state index < -0.39 is 0 Å². The Kier molecular flexibility index (Phi) is 6.10. The van der Waals surface area contributed by atoms with E-state index in [0.717, 1.165) is 45.6 Å². The number of thiophene rings is 1. The quantitative estimate of drug-likeness (QED) is 0.396. The molecule has 0 aliphatic carbocycles. The summed E-state index contributed by atoms with van der Waals surface area (Å²) in [5.41, 5.74) is 2.08. The molecule has 2 aromatic carbocycles. The molecule has 1 aliphatic heterocycles. The molecular formula is C25H28N4O2S. The van der Waals surface area contributed by atoms with Gasteiger partial charge in [-0.25, -0.2) is 4.98 Å². The number of aryl methyl sites for hydroxylation is 1. The van der Waals surface area contributed by atoms with Crippen molar-refractivity contribution in [2.75, 3.05) is 44.7 Å². The van der Waals surface area contributed by atoms with Crippen LogP contribution in [0, 0.1) is 0 Å². The zero-order chi connectivity index (χ0) is 21.9. The summed E-state index contributed by atoms with van der Waals surface area (Å²) in [7, 11) is 1.61. The molecule has 1 saturated heterocycles. The molecule has 0 unspecified atom stereocenters. The zero-order valence-electron chi connectivity index (χ0n) is 18.4. The smallest absolute Gasteiger partial charge is 0.261 e. The average molecular weight is 449 g/mol. The van der Waals surface area contributed by atoms with Crippen LogP contribution in [0.5, 0.6) is 5.75 Å². The molecule has 0 N–H and O–H groups in total. The number of ether oxygens (including phenoxy) is 1. The molecular weight excluding hydrogens is 420 g/mol. The topological polar surface area (TPSA) is 50.6 Å². The third kappa shape index (κ3) is 4.23. The maximum absolute atomic E-state index is 12.8. The number of fused-ring (bicyclic) bond motifs is 2. The van der Waals surface area contributed by atoms with Gasteiger partial charge in [-0.1, -0.05) is 6.07 Å². The van der Waals surface area contributed by atoms with Gasteiger partial charge < -0.3 is 9.64 Å². The molecule has 32 heavy (non-hydrogen) atoms. The largest absolute Gasteiger partial charge is 0.497 e. The highest BCUT2D eigenvalue weighted by molar-refractivity contribution is 7.17. The molecule has 0 radical (unpaired) electrons. The second-order valence-corrected chi connectivity index (χ2v) is 9.22. The lowest BCUT2D eigenvalue weighted by atomic mass is 10.1. The van der Waals surface area contributed by atoms with Crippen LogP contribution >= 0.6 is 11.3 Å². The Morgan fingerprint density at radius 1 is 1.00 bits per heavy atom. The number of rotatable bonds is 7. The van der Waals surface area contributed by atoms with E-state index in [4.69, 9.17) is 4.74 Å². The van der Waals surface area contributed by atoms with Crippen molar-refractivity contribution in [1.82, 2.24) is 14.5 Å². The van der Waals surface area contributed by atoms with Crippen molar-refractivity contribution in [3.8, 4) is 5.75 Å². The van der Waals surface area contributed by atoms with Crippen LogP contribution < -0.4 is 15.2 Å². The van der Waals surface area contributed by atoms with Gasteiger partial charge in [-0.2, -0.15) is 0 Å². The van der Waals surface area contributed by atoms with Gasteiger partial charge >= 0.3 is 0 Å².